The third-order valence-electron chi connectivity index (χ3n) is 3.13. The summed E-state index contributed by atoms with van der Waals surface area (Å²) in [6.07, 6.45) is 0. The average molecular weight is 264 g/mol. The van der Waals surface area contributed by atoms with Crippen molar-refractivity contribution in [1.29, 1.82) is 0 Å². The molecule has 0 unspecified atom stereocenters. The molecule has 4 rings (SSSR count). The molecule has 5 heteroatoms. The second-order valence-corrected chi connectivity index (χ2v) is 5.80. The van der Waals surface area contributed by atoms with Crippen molar-refractivity contribution in [2.24, 2.45) is 0 Å². The van der Waals surface area contributed by atoms with Gasteiger partial charge in [-0.15, -0.1) is 22.7 Å². The van der Waals surface area contributed by atoms with Crippen molar-refractivity contribution in [3.63, 3.8) is 0 Å². The summed E-state index contributed by atoms with van der Waals surface area (Å²) in [7, 11) is 0. The maximum Gasteiger partial charge on any atom is 0.262 e. The zero-order valence-electron chi connectivity index (χ0n) is 8.76. The molecule has 0 N–H and O–H groups in total. The van der Waals surface area contributed by atoms with Crippen LogP contribution in [0.3, 0.4) is 0 Å². The van der Waals surface area contributed by atoms with Crippen LogP contribution in [0.2, 0.25) is 0 Å². The van der Waals surface area contributed by atoms with Gasteiger partial charge in [-0.2, -0.15) is 0 Å². The van der Waals surface area contributed by atoms with Gasteiger partial charge < -0.3 is 9.47 Å². The Morgan fingerprint density at radius 1 is 1.06 bits per heavy atom. The van der Waals surface area contributed by atoms with Crippen molar-refractivity contribution in [3.8, 4) is 9.75 Å². The summed E-state index contributed by atoms with van der Waals surface area (Å²) in [5.41, 5.74) is 1.60. The van der Waals surface area contributed by atoms with E-state index in [2.05, 4.69) is 0 Å². The van der Waals surface area contributed by atoms with Crippen LogP contribution in [-0.2, 0) is 15.3 Å². The lowest BCUT2D eigenvalue weighted by atomic mass is 9.90. The van der Waals surface area contributed by atoms with Gasteiger partial charge >= 0.3 is 0 Å². The lowest BCUT2D eigenvalue weighted by molar-refractivity contribution is -0.126. The molecular weight excluding hydrogens is 256 g/mol. The predicted octanol–water partition coefficient (Wildman–Crippen LogP) is 2.87. The van der Waals surface area contributed by atoms with Crippen LogP contribution in [0.1, 0.15) is 15.9 Å². The van der Waals surface area contributed by atoms with Gasteiger partial charge in [0.1, 0.15) is 0 Å². The normalized spacial score (nSPS) is 20.6. The minimum Gasteiger partial charge on any atom is -0.337 e. The molecule has 0 aromatic carbocycles. The second-order valence-electron chi connectivity index (χ2n) is 3.97. The molecule has 3 nitrogen and oxygen atoms in total. The molecule has 86 valence electrons. The van der Waals surface area contributed by atoms with Crippen molar-refractivity contribution in [3.05, 3.63) is 34.0 Å². The summed E-state index contributed by atoms with van der Waals surface area (Å²) in [6, 6.07) is 3.80. The Kier molecular flexibility index (Phi) is 1.91. The van der Waals surface area contributed by atoms with Crippen LogP contribution in [-0.4, -0.2) is 19.0 Å². The number of Topliss-reactive ketones (excluding diaryl/α,β-unsaturated/α-hetero) is 1. The molecule has 17 heavy (non-hydrogen) atoms. The number of hydrogen-bond acceptors (Lipinski definition) is 5. The van der Waals surface area contributed by atoms with E-state index in [1.54, 1.807) is 22.7 Å². The fourth-order valence-corrected chi connectivity index (χ4v) is 4.43. The van der Waals surface area contributed by atoms with Crippen LogP contribution in [0, 0.1) is 0 Å². The fraction of sp³-hybridized carbons (Fsp3) is 0.250. The molecule has 1 aliphatic heterocycles. The predicted molar refractivity (Wildman–Crippen MR) is 65.5 cm³/mol. The maximum absolute atomic E-state index is 12.5. The lowest BCUT2D eigenvalue weighted by Crippen LogP contribution is -2.39. The van der Waals surface area contributed by atoms with E-state index >= 15 is 0 Å². The first kappa shape index (κ1) is 9.96. The van der Waals surface area contributed by atoms with Crippen molar-refractivity contribution in [2.45, 2.75) is 5.79 Å². The van der Waals surface area contributed by atoms with E-state index in [4.69, 9.17) is 9.47 Å². The molecule has 2 aliphatic rings. The molecule has 2 aromatic rings. The number of hydrogen-bond donors (Lipinski definition) is 0. The number of fused-ring (bicyclic) bond motifs is 4. The van der Waals surface area contributed by atoms with Crippen LogP contribution in [0.5, 0.6) is 0 Å². The summed E-state index contributed by atoms with van der Waals surface area (Å²) >= 11 is 3.23. The van der Waals surface area contributed by atoms with Crippen LogP contribution < -0.4 is 0 Å². The third kappa shape index (κ3) is 1.10. The van der Waals surface area contributed by atoms with E-state index in [0.29, 0.717) is 13.2 Å². The van der Waals surface area contributed by atoms with Crippen molar-refractivity contribution in [2.75, 3.05) is 13.2 Å². The van der Waals surface area contributed by atoms with Crippen molar-refractivity contribution >= 4 is 28.5 Å². The minimum absolute atomic E-state index is 0.0582. The quantitative estimate of drug-likeness (QED) is 0.734. The van der Waals surface area contributed by atoms with Gasteiger partial charge in [-0.3, -0.25) is 4.79 Å². The van der Waals surface area contributed by atoms with Gasteiger partial charge in [0.2, 0.25) is 5.78 Å². The first-order chi connectivity index (χ1) is 8.33. The van der Waals surface area contributed by atoms with Gasteiger partial charge in [-0.05, 0) is 22.9 Å². The molecule has 0 bridgehead atoms. The number of ketones is 1. The van der Waals surface area contributed by atoms with Gasteiger partial charge in [0.15, 0.2) is 0 Å². The van der Waals surface area contributed by atoms with E-state index < -0.39 is 5.79 Å². The number of rotatable bonds is 0. The Morgan fingerprint density at radius 3 is 2.59 bits per heavy atom. The summed E-state index contributed by atoms with van der Waals surface area (Å²) < 4.78 is 11.3. The van der Waals surface area contributed by atoms with Crippen LogP contribution in [0.4, 0.5) is 0 Å². The highest BCUT2D eigenvalue weighted by molar-refractivity contribution is 7.21. The number of ether oxygens (including phenoxy) is 2. The average Bonchev–Trinajstić information content (AvgIpc) is 3.06. The third-order valence-corrected chi connectivity index (χ3v) is 5.12. The first-order valence-electron chi connectivity index (χ1n) is 5.31. The maximum atomic E-state index is 12.5. The van der Waals surface area contributed by atoms with Crippen LogP contribution >= 0.6 is 22.7 Å². The monoisotopic (exact) mass is 264 g/mol. The Balaban J connectivity index is 2.06. The SMILES string of the molecule is O=C1c2ccsc2-c2sccc2C12OCCO2. The molecule has 0 atom stereocenters. The van der Waals surface area contributed by atoms with Gasteiger partial charge in [0.25, 0.3) is 5.79 Å². The highest BCUT2D eigenvalue weighted by Crippen LogP contribution is 2.50. The minimum atomic E-state index is -1.16. The summed E-state index contributed by atoms with van der Waals surface area (Å²) in [5.74, 6) is -1.22. The van der Waals surface area contributed by atoms with Crippen LogP contribution in [0.25, 0.3) is 9.75 Å². The van der Waals surface area contributed by atoms with Crippen molar-refractivity contribution < 1.29 is 14.3 Å². The van der Waals surface area contributed by atoms with E-state index in [-0.39, 0.29) is 5.78 Å². The summed E-state index contributed by atoms with van der Waals surface area (Å²) in [5, 5.41) is 3.93. The molecule has 1 aliphatic carbocycles. The molecule has 0 saturated carbocycles. The van der Waals surface area contributed by atoms with Gasteiger partial charge in [-0.25, -0.2) is 0 Å². The van der Waals surface area contributed by atoms with Gasteiger partial charge in [0.05, 0.1) is 23.0 Å². The lowest BCUT2D eigenvalue weighted by Gasteiger charge is -2.29. The standard InChI is InChI=1S/C12H8O3S2/c13-11-7-1-5-16-9(7)10-8(2-6-17-10)12(11)14-3-4-15-12/h1-2,5-6H,3-4H2. The first-order valence-corrected chi connectivity index (χ1v) is 7.07. The largest absolute Gasteiger partial charge is 0.337 e. The number of thiophene rings is 2. The Hall–Kier alpha value is -1.01. The Bertz CT molecular complexity index is 605. The summed E-state index contributed by atoms with van der Waals surface area (Å²) in [6.45, 7) is 0.945. The topological polar surface area (TPSA) is 35.5 Å². The molecule has 2 aromatic heterocycles. The zero-order chi connectivity index (χ0) is 11.5. The fourth-order valence-electron chi connectivity index (χ4n) is 2.41. The molecule has 0 amide bonds. The Morgan fingerprint density at radius 2 is 1.76 bits per heavy atom. The van der Waals surface area contributed by atoms with E-state index in [1.165, 1.54) is 0 Å². The van der Waals surface area contributed by atoms with Gasteiger partial charge in [0, 0.05) is 11.1 Å². The second kappa shape index (κ2) is 3.26. The molecule has 1 fully saturated rings. The smallest absolute Gasteiger partial charge is 0.262 e. The van der Waals surface area contributed by atoms with Gasteiger partial charge in [-0.1, -0.05) is 0 Å². The number of carbonyl (C=O) groups is 1. The Labute approximate surface area is 106 Å². The van der Waals surface area contributed by atoms with E-state index in [0.717, 1.165) is 20.9 Å². The highest BCUT2D eigenvalue weighted by Gasteiger charge is 2.52. The molecule has 1 spiro atoms. The van der Waals surface area contributed by atoms with E-state index in [9.17, 15) is 4.79 Å². The highest BCUT2D eigenvalue weighted by atomic mass is 32.1. The van der Waals surface area contributed by atoms with E-state index in [1.807, 2.05) is 22.9 Å². The van der Waals surface area contributed by atoms with Crippen molar-refractivity contribution in [1.82, 2.24) is 0 Å². The molecule has 3 heterocycles. The molecule has 1 saturated heterocycles. The molecule has 0 radical (unpaired) electrons. The number of carbonyl (C=O) groups excluding carboxylic acids is 1. The zero-order valence-corrected chi connectivity index (χ0v) is 10.4. The molecular formula is C12H8O3S2. The summed E-state index contributed by atoms with van der Waals surface area (Å²) in [4.78, 5) is 14.7. The van der Waals surface area contributed by atoms with Crippen LogP contribution in [0.15, 0.2) is 22.9 Å².